The molecule has 1 fully saturated rings. The van der Waals surface area contributed by atoms with Crippen LogP contribution in [0, 0.1) is 5.82 Å². The van der Waals surface area contributed by atoms with Crippen LogP contribution in [-0.4, -0.2) is 56.9 Å². The van der Waals surface area contributed by atoms with E-state index in [1.807, 2.05) is 26.8 Å². The van der Waals surface area contributed by atoms with Crippen LogP contribution in [0.5, 0.6) is 0 Å². The number of hydrogen-bond donors (Lipinski definition) is 3. The summed E-state index contributed by atoms with van der Waals surface area (Å²) in [6.45, 7) is 8.19. The largest absolute Gasteiger partial charge is 0.389 e. The number of hydrogen-bond acceptors (Lipinski definition) is 7. The van der Waals surface area contributed by atoms with Gasteiger partial charge in [-0.25, -0.2) is 14.4 Å². The summed E-state index contributed by atoms with van der Waals surface area (Å²) in [5.74, 6) is -0.210. The van der Waals surface area contributed by atoms with Crippen molar-refractivity contribution in [1.82, 2.24) is 9.97 Å². The zero-order chi connectivity index (χ0) is 23.3. The molecule has 0 spiro atoms. The standard InChI is InChI=1S/C23H28ClFN4O3/c1-5-23(4,31)20-22(2,3)13-8-12(9-15(25)19(13)28-20)18-14(24)10-26-21(29-18)27-16-6-7-32-11-17(16)30/h8-10,16-17,30-31H,5-7,11H2,1-4H3,(H,26,27,29)/t16-,17-,23+/m1/s1. The van der Waals surface area contributed by atoms with Gasteiger partial charge in [0.05, 0.1) is 41.4 Å². The Morgan fingerprint density at radius 1 is 1.38 bits per heavy atom. The zero-order valence-corrected chi connectivity index (χ0v) is 19.4. The van der Waals surface area contributed by atoms with Crippen LogP contribution in [0.15, 0.2) is 23.3 Å². The van der Waals surface area contributed by atoms with Crippen molar-refractivity contribution in [1.29, 1.82) is 0 Å². The predicted octanol–water partition coefficient (Wildman–Crippen LogP) is 4.02. The predicted molar refractivity (Wildman–Crippen MR) is 122 cm³/mol. The molecule has 9 heteroatoms. The molecule has 0 saturated carbocycles. The molecule has 172 valence electrons. The second-order valence-electron chi connectivity index (χ2n) is 9.14. The van der Waals surface area contributed by atoms with Gasteiger partial charge >= 0.3 is 0 Å². The van der Waals surface area contributed by atoms with Gasteiger partial charge in [-0.2, -0.15) is 0 Å². The van der Waals surface area contributed by atoms with E-state index in [4.69, 9.17) is 16.3 Å². The number of fused-ring (bicyclic) bond motifs is 1. The molecule has 32 heavy (non-hydrogen) atoms. The van der Waals surface area contributed by atoms with Crippen LogP contribution in [0.25, 0.3) is 11.3 Å². The fourth-order valence-corrected chi connectivity index (χ4v) is 4.56. The van der Waals surface area contributed by atoms with Crippen LogP contribution < -0.4 is 5.32 Å². The molecule has 0 bridgehead atoms. The molecular formula is C23H28ClFN4O3. The summed E-state index contributed by atoms with van der Waals surface area (Å²) < 4.78 is 20.4. The summed E-state index contributed by atoms with van der Waals surface area (Å²) in [5.41, 5.74) is 0.477. The van der Waals surface area contributed by atoms with Crippen molar-refractivity contribution in [2.24, 2.45) is 4.99 Å². The van der Waals surface area contributed by atoms with E-state index in [1.54, 1.807) is 6.92 Å². The van der Waals surface area contributed by atoms with E-state index in [9.17, 15) is 10.2 Å². The first kappa shape index (κ1) is 23.0. The maximum atomic E-state index is 15.2. The normalized spacial score (nSPS) is 23.9. The van der Waals surface area contributed by atoms with Crippen molar-refractivity contribution in [3.8, 4) is 11.3 Å². The van der Waals surface area contributed by atoms with Gasteiger partial charge in [0, 0.05) is 17.6 Å². The highest BCUT2D eigenvalue weighted by Gasteiger charge is 2.44. The van der Waals surface area contributed by atoms with Gasteiger partial charge in [0.15, 0.2) is 0 Å². The highest BCUT2D eigenvalue weighted by molar-refractivity contribution is 6.33. The van der Waals surface area contributed by atoms with Crippen LogP contribution in [-0.2, 0) is 10.2 Å². The van der Waals surface area contributed by atoms with Gasteiger partial charge in [0.2, 0.25) is 5.95 Å². The Labute approximate surface area is 191 Å². The molecule has 1 aromatic heterocycles. The molecule has 3 atom stereocenters. The number of anilines is 1. The molecule has 3 N–H and O–H groups in total. The summed E-state index contributed by atoms with van der Waals surface area (Å²) in [6.07, 6.45) is 1.86. The average Bonchev–Trinajstić information content (AvgIpc) is 3.03. The first-order valence-corrected chi connectivity index (χ1v) is 11.1. The van der Waals surface area contributed by atoms with Crippen molar-refractivity contribution < 1.29 is 19.3 Å². The molecule has 1 saturated heterocycles. The maximum absolute atomic E-state index is 15.2. The lowest BCUT2D eigenvalue weighted by molar-refractivity contribution is -0.0136. The third-order valence-electron chi connectivity index (χ3n) is 6.41. The van der Waals surface area contributed by atoms with Crippen LogP contribution in [0.4, 0.5) is 16.0 Å². The number of ether oxygens (including phenoxy) is 1. The minimum Gasteiger partial charge on any atom is -0.389 e. The van der Waals surface area contributed by atoms with Gasteiger partial charge < -0.3 is 20.3 Å². The summed E-state index contributed by atoms with van der Waals surface area (Å²) in [5, 5.41) is 24.4. The Bertz CT molecular complexity index is 1070. The lowest BCUT2D eigenvalue weighted by Gasteiger charge is -2.32. The minimum atomic E-state index is -1.15. The Morgan fingerprint density at radius 3 is 2.81 bits per heavy atom. The molecule has 7 nitrogen and oxygen atoms in total. The molecule has 4 rings (SSSR count). The number of aromatic nitrogens is 2. The number of nitrogens with zero attached hydrogens (tertiary/aromatic N) is 3. The van der Waals surface area contributed by atoms with Crippen molar-refractivity contribution in [2.75, 3.05) is 18.5 Å². The molecular weight excluding hydrogens is 435 g/mol. The van der Waals surface area contributed by atoms with Gasteiger partial charge in [-0.3, -0.25) is 4.99 Å². The smallest absolute Gasteiger partial charge is 0.223 e. The molecule has 0 amide bonds. The number of aliphatic hydroxyl groups is 2. The highest BCUT2D eigenvalue weighted by Crippen LogP contribution is 2.47. The quantitative estimate of drug-likeness (QED) is 0.620. The molecule has 0 aliphatic carbocycles. The first-order valence-electron chi connectivity index (χ1n) is 10.8. The Balaban J connectivity index is 1.72. The van der Waals surface area contributed by atoms with Crippen LogP contribution in [0.1, 0.15) is 46.1 Å². The fourth-order valence-electron chi connectivity index (χ4n) is 4.36. The van der Waals surface area contributed by atoms with E-state index < -0.39 is 22.9 Å². The number of nitrogens with one attached hydrogen (secondary N) is 1. The second-order valence-corrected chi connectivity index (χ2v) is 9.55. The van der Waals surface area contributed by atoms with E-state index in [2.05, 4.69) is 20.3 Å². The van der Waals surface area contributed by atoms with Gasteiger partial charge in [0.1, 0.15) is 17.1 Å². The molecule has 1 aromatic carbocycles. The van der Waals surface area contributed by atoms with E-state index in [1.165, 1.54) is 12.3 Å². The lowest BCUT2D eigenvalue weighted by atomic mass is 9.74. The minimum absolute atomic E-state index is 0.233. The Kier molecular flexibility index (Phi) is 6.00. The topological polar surface area (TPSA) is 99.9 Å². The summed E-state index contributed by atoms with van der Waals surface area (Å²) >= 11 is 6.39. The number of aliphatic hydroxyl groups excluding tert-OH is 1. The van der Waals surface area contributed by atoms with E-state index >= 15 is 4.39 Å². The Morgan fingerprint density at radius 2 is 2.12 bits per heavy atom. The van der Waals surface area contributed by atoms with Gasteiger partial charge in [-0.1, -0.05) is 32.4 Å². The number of rotatable bonds is 5. The SMILES string of the molecule is CC[C@](C)(O)C1=Nc2c(F)cc(-c3nc(N[C@@H]4CCOC[C@H]4O)ncc3Cl)cc2C1(C)C. The van der Waals surface area contributed by atoms with E-state index in [0.717, 1.165) is 0 Å². The molecule has 2 aliphatic heterocycles. The molecule has 2 aromatic rings. The molecule has 2 aliphatic rings. The van der Waals surface area contributed by atoms with Crippen molar-refractivity contribution in [2.45, 2.75) is 63.7 Å². The monoisotopic (exact) mass is 462 g/mol. The highest BCUT2D eigenvalue weighted by atomic mass is 35.5. The van der Waals surface area contributed by atoms with E-state index in [0.29, 0.717) is 47.9 Å². The summed E-state index contributed by atoms with van der Waals surface area (Å²) in [7, 11) is 0. The molecule has 0 unspecified atom stereocenters. The number of aliphatic imine (C=N–C) groups is 1. The maximum Gasteiger partial charge on any atom is 0.223 e. The third kappa shape index (κ3) is 4.01. The van der Waals surface area contributed by atoms with Crippen molar-refractivity contribution in [3.05, 3.63) is 34.7 Å². The number of benzene rings is 1. The average molecular weight is 463 g/mol. The van der Waals surface area contributed by atoms with Gasteiger partial charge in [-0.05, 0) is 37.5 Å². The van der Waals surface area contributed by atoms with Crippen molar-refractivity contribution >= 4 is 28.9 Å². The van der Waals surface area contributed by atoms with Gasteiger partial charge in [0.25, 0.3) is 0 Å². The fraction of sp³-hybridized carbons (Fsp3) is 0.522. The Hall–Kier alpha value is -2.13. The zero-order valence-electron chi connectivity index (χ0n) is 18.6. The lowest BCUT2D eigenvalue weighted by Crippen LogP contribution is -2.44. The second kappa shape index (κ2) is 8.33. The summed E-state index contributed by atoms with van der Waals surface area (Å²) in [6, 6.07) is 2.92. The van der Waals surface area contributed by atoms with Crippen LogP contribution in [0.3, 0.4) is 0 Å². The van der Waals surface area contributed by atoms with Crippen LogP contribution >= 0.6 is 11.6 Å². The van der Waals surface area contributed by atoms with E-state index in [-0.39, 0.29) is 23.4 Å². The molecule has 0 radical (unpaired) electrons. The van der Waals surface area contributed by atoms with Crippen LogP contribution in [0.2, 0.25) is 5.02 Å². The first-order chi connectivity index (χ1) is 15.0. The number of halogens is 2. The third-order valence-corrected chi connectivity index (χ3v) is 6.69. The summed E-state index contributed by atoms with van der Waals surface area (Å²) in [4.78, 5) is 13.2. The van der Waals surface area contributed by atoms with Gasteiger partial charge in [-0.15, -0.1) is 0 Å². The molecule has 3 heterocycles. The van der Waals surface area contributed by atoms with Crippen molar-refractivity contribution in [3.63, 3.8) is 0 Å².